The number of rotatable bonds is 4. The lowest BCUT2D eigenvalue weighted by Crippen LogP contribution is -2.12. The number of nitrogens with one attached hydrogen (secondary N) is 1. The Kier molecular flexibility index (Phi) is 4.03. The Balaban J connectivity index is 2.10. The number of nitrogens with two attached hydrogens (primary N) is 1. The van der Waals surface area contributed by atoms with E-state index < -0.39 is 11.7 Å². The molecule has 20 heavy (non-hydrogen) atoms. The summed E-state index contributed by atoms with van der Waals surface area (Å²) in [6.45, 7) is 4.43. The van der Waals surface area contributed by atoms with Gasteiger partial charge in [-0.05, 0) is 49.2 Å². The van der Waals surface area contributed by atoms with Crippen molar-refractivity contribution in [3.63, 3.8) is 0 Å². The van der Waals surface area contributed by atoms with E-state index in [1.165, 1.54) is 23.3 Å². The number of halogens is 1. The fourth-order valence-corrected chi connectivity index (χ4v) is 1.89. The van der Waals surface area contributed by atoms with Gasteiger partial charge in [0.15, 0.2) is 0 Å². The van der Waals surface area contributed by atoms with Crippen LogP contribution in [0.5, 0.6) is 0 Å². The number of primary amides is 1. The van der Waals surface area contributed by atoms with Crippen molar-refractivity contribution in [2.24, 2.45) is 5.73 Å². The van der Waals surface area contributed by atoms with Crippen molar-refractivity contribution in [2.75, 3.05) is 5.32 Å². The van der Waals surface area contributed by atoms with Gasteiger partial charge in [0.25, 0.3) is 0 Å². The van der Waals surface area contributed by atoms with Crippen molar-refractivity contribution in [1.82, 2.24) is 0 Å². The van der Waals surface area contributed by atoms with Gasteiger partial charge < -0.3 is 11.1 Å². The van der Waals surface area contributed by atoms with Crippen molar-refractivity contribution in [3.8, 4) is 0 Å². The molecule has 2 rings (SSSR count). The normalized spacial score (nSPS) is 10.3. The van der Waals surface area contributed by atoms with Crippen LogP contribution >= 0.6 is 0 Å². The zero-order valence-electron chi connectivity index (χ0n) is 11.5. The van der Waals surface area contributed by atoms with Crippen molar-refractivity contribution in [1.29, 1.82) is 0 Å². The second-order valence-electron chi connectivity index (χ2n) is 4.82. The van der Waals surface area contributed by atoms with Crippen LogP contribution < -0.4 is 11.1 Å². The van der Waals surface area contributed by atoms with Crippen LogP contribution in [0.2, 0.25) is 0 Å². The van der Waals surface area contributed by atoms with Gasteiger partial charge in [-0.2, -0.15) is 0 Å². The van der Waals surface area contributed by atoms with Gasteiger partial charge in [0.05, 0.1) is 0 Å². The van der Waals surface area contributed by atoms with E-state index in [2.05, 4.69) is 5.32 Å². The van der Waals surface area contributed by atoms with Gasteiger partial charge in [-0.1, -0.05) is 12.1 Å². The van der Waals surface area contributed by atoms with E-state index in [1.807, 2.05) is 32.0 Å². The highest BCUT2D eigenvalue weighted by atomic mass is 19.1. The molecule has 3 nitrogen and oxygen atoms in total. The number of amides is 1. The standard InChI is InChI=1S/C16H17FN2O/c1-10-3-6-14(7-11(10)2)19-9-13-5-4-12(16(18)20)8-15(13)17/h3-8,19H,9H2,1-2H3,(H2,18,20). The van der Waals surface area contributed by atoms with E-state index in [0.717, 1.165) is 5.69 Å². The maximum Gasteiger partial charge on any atom is 0.248 e. The lowest BCUT2D eigenvalue weighted by molar-refractivity contribution is 0.1000. The summed E-state index contributed by atoms with van der Waals surface area (Å²) < 4.78 is 13.8. The number of carbonyl (C=O) groups is 1. The molecule has 0 bridgehead atoms. The Labute approximate surface area is 117 Å². The van der Waals surface area contributed by atoms with E-state index in [9.17, 15) is 9.18 Å². The average Bonchev–Trinajstić information content (AvgIpc) is 2.41. The van der Waals surface area contributed by atoms with Crippen LogP contribution in [-0.4, -0.2) is 5.91 Å². The zero-order chi connectivity index (χ0) is 14.7. The first-order chi connectivity index (χ1) is 9.47. The number of benzene rings is 2. The molecule has 0 fully saturated rings. The van der Waals surface area contributed by atoms with Crippen LogP contribution in [0.1, 0.15) is 27.0 Å². The summed E-state index contributed by atoms with van der Waals surface area (Å²) in [5.41, 5.74) is 9.11. The first-order valence-electron chi connectivity index (χ1n) is 6.36. The topological polar surface area (TPSA) is 55.1 Å². The maximum absolute atomic E-state index is 13.8. The summed E-state index contributed by atoms with van der Waals surface area (Å²) in [6, 6.07) is 10.3. The molecule has 0 radical (unpaired) electrons. The Hall–Kier alpha value is -2.36. The summed E-state index contributed by atoms with van der Waals surface area (Å²) in [5.74, 6) is -1.06. The number of carbonyl (C=O) groups excluding carboxylic acids is 1. The quantitative estimate of drug-likeness (QED) is 0.898. The molecule has 0 aromatic heterocycles. The van der Waals surface area contributed by atoms with Crippen LogP contribution in [-0.2, 0) is 6.54 Å². The Morgan fingerprint density at radius 3 is 2.50 bits per heavy atom. The van der Waals surface area contributed by atoms with Gasteiger partial charge in [-0.3, -0.25) is 4.79 Å². The molecule has 0 aliphatic heterocycles. The fourth-order valence-electron chi connectivity index (χ4n) is 1.89. The number of hydrogen-bond donors (Lipinski definition) is 2. The Morgan fingerprint density at radius 2 is 1.90 bits per heavy atom. The molecule has 0 unspecified atom stereocenters. The third-order valence-corrected chi connectivity index (χ3v) is 3.33. The highest BCUT2D eigenvalue weighted by Crippen LogP contribution is 2.16. The van der Waals surface area contributed by atoms with Crippen LogP contribution in [0.4, 0.5) is 10.1 Å². The number of aryl methyl sites for hydroxylation is 2. The first kappa shape index (κ1) is 14.1. The predicted molar refractivity (Wildman–Crippen MR) is 78.2 cm³/mol. The molecule has 2 aromatic rings. The summed E-state index contributed by atoms with van der Waals surface area (Å²) in [6.07, 6.45) is 0. The molecule has 4 heteroatoms. The van der Waals surface area contributed by atoms with Crippen LogP contribution in [0.25, 0.3) is 0 Å². The second kappa shape index (κ2) is 5.74. The summed E-state index contributed by atoms with van der Waals surface area (Å²) in [5, 5.41) is 3.16. The van der Waals surface area contributed by atoms with E-state index >= 15 is 0 Å². The van der Waals surface area contributed by atoms with Crippen molar-refractivity contribution in [2.45, 2.75) is 20.4 Å². The first-order valence-corrected chi connectivity index (χ1v) is 6.36. The molecular formula is C16H17FN2O. The van der Waals surface area contributed by atoms with Gasteiger partial charge >= 0.3 is 0 Å². The number of anilines is 1. The molecule has 3 N–H and O–H groups in total. The molecule has 0 aliphatic rings. The van der Waals surface area contributed by atoms with Gasteiger partial charge in [-0.25, -0.2) is 4.39 Å². The summed E-state index contributed by atoms with van der Waals surface area (Å²) in [4.78, 5) is 11.0. The van der Waals surface area contributed by atoms with E-state index in [1.54, 1.807) is 6.07 Å². The van der Waals surface area contributed by atoms with Crippen LogP contribution in [0.15, 0.2) is 36.4 Å². The maximum atomic E-state index is 13.8. The molecule has 1 amide bonds. The molecule has 0 saturated carbocycles. The third kappa shape index (κ3) is 3.15. The van der Waals surface area contributed by atoms with E-state index in [-0.39, 0.29) is 5.56 Å². The smallest absolute Gasteiger partial charge is 0.248 e. The zero-order valence-corrected chi connectivity index (χ0v) is 11.5. The Morgan fingerprint density at radius 1 is 1.15 bits per heavy atom. The fraction of sp³-hybridized carbons (Fsp3) is 0.188. The average molecular weight is 272 g/mol. The minimum absolute atomic E-state index is 0.178. The molecule has 104 valence electrons. The second-order valence-corrected chi connectivity index (χ2v) is 4.82. The van der Waals surface area contributed by atoms with Gasteiger partial charge in [0, 0.05) is 23.4 Å². The minimum Gasteiger partial charge on any atom is -0.381 e. The minimum atomic E-state index is -0.627. The van der Waals surface area contributed by atoms with Crippen molar-refractivity contribution >= 4 is 11.6 Å². The van der Waals surface area contributed by atoms with Crippen molar-refractivity contribution in [3.05, 3.63) is 64.5 Å². The third-order valence-electron chi connectivity index (χ3n) is 3.33. The highest BCUT2D eigenvalue weighted by Gasteiger charge is 2.07. The molecule has 0 aliphatic carbocycles. The van der Waals surface area contributed by atoms with Crippen molar-refractivity contribution < 1.29 is 9.18 Å². The molecule has 0 heterocycles. The lowest BCUT2D eigenvalue weighted by atomic mass is 10.1. The van der Waals surface area contributed by atoms with Gasteiger partial charge in [0.2, 0.25) is 5.91 Å². The Bertz CT molecular complexity index is 653. The van der Waals surface area contributed by atoms with E-state index in [4.69, 9.17) is 5.73 Å². The molecule has 2 aromatic carbocycles. The molecule has 0 saturated heterocycles. The predicted octanol–water partition coefficient (Wildman–Crippen LogP) is 3.15. The number of hydrogen-bond acceptors (Lipinski definition) is 2. The summed E-state index contributed by atoms with van der Waals surface area (Å²) in [7, 11) is 0. The largest absolute Gasteiger partial charge is 0.381 e. The molecule has 0 spiro atoms. The lowest BCUT2D eigenvalue weighted by Gasteiger charge is -2.10. The molecular weight excluding hydrogens is 255 g/mol. The van der Waals surface area contributed by atoms with Gasteiger partial charge in [-0.15, -0.1) is 0 Å². The monoisotopic (exact) mass is 272 g/mol. The van der Waals surface area contributed by atoms with Gasteiger partial charge in [0.1, 0.15) is 5.82 Å². The van der Waals surface area contributed by atoms with Crippen LogP contribution in [0, 0.1) is 19.7 Å². The van der Waals surface area contributed by atoms with Crippen LogP contribution in [0.3, 0.4) is 0 Å². The molecule has 0 atom stereocenters. The highest BCUT2D eigenvalue weighted by molar-refractivity contribution is 5.92. The SMILES string of the molecule is Cc1ccc(NCc2ccc(C(N)=O)cc2F)cc1C. The van der Waals surface area contributed by atoms with E-state index in [0.29, 0.717) is 12.1 Å². The summed E-state index contributed by atoms with van der Waals surface area (Å²) >= 11 is 0.